The summed E-state index contributed by atoms with van der Waals surface area (Å²) in [5.74, 6) is 0. The molecule has 0 bridgehead atoms. The van der Waals surface area contributed by atoms with Gasteiger partial charge in [-0.3, -0.25) is 0 Å². The van der Waals surface area contributed by atoms with E-state index in [-0.39, 0.29) is 11.4 Å². The molecule has 0 saturated heterocycles. The Morgan fingerprint density at radius 1 is 1.10 bits per heavy atom. The highest BCUT2D eigenvalue weighted by Gasteiger charge is 2.46. The first-order valence-electron chi connectivity index (χ1n) is 6.54. The van der Waals surface area contributed by atoms with E-state index < -0.39 is 20.2 Å². The maximum absolute atomic E-state index is 12.4. The maximum atomic E-state index is 12.4. The molecule has 3 nitrogen and oxygen atoms in total. The number of hydrogen-bond acceptors (Lipinski definition) is 3. The number of benzene rings is 1. The SMILES string of the molecule is O=S(=O)(c1ccc(NC2CCCCC2Cl)cc1)C(F)(F)F. The van der Waals surface area contributed by atoms with Crippen LogP contribution in [0.4, 0.5) is 18.9 Å². The van der Waals surface area contributed by atoms with Crippen molar-refractivity contribution in [3.63, 3.8) is 0 Å². The fourth-order valence-electron chi connectivity index (χ4n) is 2.33. The lowest BCUT2D eigenvalue weighted by Crippen LogP contribution is -2.32. The van der Waals surface area contributed by atoms with Crippen LogP contribution < -0.4 is 5.32 Å². The minimum Gasteiger partial charge on any atom is -0.381 e. The molecule has 8 heteroatoms. The first kappa shape index (κ1) is 16.4. The molecule has 0 radical (unpaired) electrons. The normalized spacial score (nSPS) is 23.8. The number of nitrogens with one attached hydrogen (secondary N) is 1. The Bertz CT molecular complexity index is 586. The highest BCUT2D eigenvalue weighted by atomic mass is 35.5. The topological polar surface area (TPSA) is 46.2 Å². The van der Waals surface area contributed by atoms with Crippen LogP contribution >= 0.6 is 11.6 Å². The van der Waals surface area contributed by atoms with Crippen LogP contribution in [0.1, 0.15) is 25.7 Å². The van der Waals surface area contributed by atoms with E-state index in [4.69, 9.17) is 11.6 Å². The lowest BCUT2D eigenvalue weighted by atomic mass is 9.95. The Kier molecular flexibility index (Phi) is 4.72. The Morgan fingerprint density at radius 3 is 2.19 bits per heavy atom. The molecule has 0 heterocycles. The van der Waals surface area contributed by atoms with Crippen LogP contribution in [0.15, 0.2) is 29.2 Å². The van der Waals surface area contributed by atoms with Gasteiger partial charge in [0.05, 0.1) is 10.3 Å². The van der Waals surface area contributed by atoms with Gasteiger partial charge in [-0.05, 0) is 37.1 Å². The van der Waals surface area contributed by atoms with Crippen molar-refractivity contribution >= 4 is 27.1 Å². The van der Waals surface area contributed by atoms with Crippen molar-refractivity contribution in [3.05, 3.63) is 24.3 Å². The summed E-state index contributed by atoms with van der Waals surface area (Å²) in [5, 5.41) is 3.11. The van der Waals surface area contributed by atoms with Gasteiger partial charge in [0.15, 0.2) is 0 Å². The van der Waals surface area contributed by atoms with Crippen molar-refractivity contribution < 1.29 is 21.6 Å². The second-order valence-electron chi connectivity index (χ2n) is 5.02. The molecule has 1 fully saturated rings. The lowest BCUT2D eigenvalue weighted by Gasteiger charge is -2.28. The van der Waals surface area contributed by atoms with Crippen LogP contribution in [0.5, 0.6) is 0 Å². The van der Waals surface area contributed by atoms with Gasteiger partial charge >= 0.3 is 5.51 Å². The van der Waals surface area contributed by atoms with Gasteiger partial charge in [-0.15, -0.1) is 11.6 Å². The van der Waals surface area contributed by atoms with Crippen LogP contribution in [0, 0.1) is 0 Å². The van der Waals surface area contributed by atoms with E-state index in [1.807, 2.05) is 0 Å². The number of halogens is 4. The van der Waals surface area contributed by atoms with Gasteiger partial charge in [0, 0.05) is 11.7 Å². The molecular weight excluding hydrogens is 327 g/mol. The Morgan fingerprint density at radius 2 is 1.67 bits per heavy atom. The standard InChI is InChI=1S/C13H15ClF3NO2S/c14-11-3-1-2-4-12(11)18-9-5-7-10(8-6-9)21(19,20)13(15,16)17/h5-8,11-12,18H,1-4H2. The fraction of sp³-hybridized carbons (Fsp3) is 0.538. The summed E-state index contributed by atoms with van der Waals surface area (Å²) in [6.45, 7) is 0. The molecule has 1 aromatic rings. The molecule has 0 aromatic heterocycles. The van der Waals surface area contributed by atoms with Crippen LogP contribution in [-0.2, 0) is 9.84 Å². The summed E-state index contributed by atoms with van der Waals surface area (Å²) in [6.07, 6.45) is 3.88. The Balaban J connectivity index is 2.13. The second-order valence-corrected chi connectivity index (χ2v) is 7.53. The molecule has 0 amide bonds. The van der Waals surface area contributed by atoms with Crippen LogP contribution in [0.2, 0.25) is 0 Å². The summed E-state index contributed by atoms with van der Waals surface area (Å²) in [5.41, 5.74) is -4.72. The third-order valence-electron chi connectivity index (χ3n) is 3.50. The third kappa shape index (κ3) is 3.63. The molecular formula is C13H15ClF3NO2S. The van der Waals surface area contributed by atoms with E-state index in [9.17, 15) is 21.6 Å². The maximum Gasteiger partial charge on any atom is 0.501 e. The van der Waals surface area contributed by atoms with Gasteiger partial charge in [-0.1, -0.05) is 12.8 Å². The minimum atomic E-state index is -5.29. The van der Waals surface area contributed by atoms with Gasteiger partial charge in [0.1, 0.15) is 0 Å². The van der Waals surface area contributed by atoms with E-state index in [0.717, 1.165) is 37.8 Å². The molecule has 0 spiro atoms. The molecule has 21 heavy (non-hydrogen) atoms. The predicted molar refractivity (Wildman–Crippen MR) is 75.2 cm³/mol. The van der Waals surface area contributed by atoms with E-state index in [1.165, 1.54) is 12.1 Å². The molecule has 2 atom stereocenters. The number of anilines is 1. The smallest absolute Gasteiger partial charge is 0.381 e. The predicted octanol–water partition coefficient (Wildman–Crippen LogP) is 3.94. The van der Waals surface area contributed by atoms with Gasteiger partial charge < -0.3 is 5.32 Å². The molecule has 1 aliphatic carbocycles. The first-order chi connectivity index (χ1) is 9.72. The molecule has 0 aliphatic heterocycles. The lowest BCUT2D eigenvalue weighted by molar-refractivity contribution is -0.0436. The van der Waals surface area contributed by atoms with Crippen molar-refractivity contribution in [2.75, 3.05) is 5.32 Å². The van der Waals surface area contributed by atoms with Crippen molar-refractivity contribution in [2.24, 2.45) is 0 Å². The zero-order valence-corrected chi connectivity index (χ0v) is 12.6. The monoisotopic (exact) mass is 341 g/mol. The molecule has 118 valence electrons. The minimum absolute atomic E-state index is 0.0302. The van der Waals surface area contributed by atoms with Crippen LogP contribution in [-0.4, -0.2) is 25.3 Å². The molecule has 1 aromatic carbocycles. The third-order valence-corrected chi connectivity index (χ3v) is 5.53. The number of sulfone groups is 1. The van der Waals surface area contributed by atoms with E-state index >= 15 is 0 Å². The van der Waals surface area contributed by atoms with Gasteiger partial charge in [-0.25, -0.2) is 8.42 Å². The highest BCUT2D eigenvalue weighted by molar-refractivity contribution is 7.92. The number of alkyl halides is 4. The summed E-state index contributed by atoms with van der Waals surface area (Å²) >= 11 is 6.19. The average molecular weight is 342 g/mol. The first-order valence-corrected chi connectivity index (χ1v) is 8.46. The molecule has 2 unspecified atom stereocenters. The van der Waals surface area contributed by atoms with Gasteiger partial charge in [0.2, 0.25) is 0 Å². The van der Waals surface area contributed by atoms with Crippen LogP contribution in [0.25, 0.3) is 0 Å². The highest BCUT2D eigenvalue weighted by Crippen LogP contribution is 2.31. The zero-order valence-electron chi connectivity index (χ0n) is 11.0. The van der Waals surface area contributed by atoms with Gasteiger partial charge in [-0.2, -0.15) is 13.2 Å². The van der Waals surface area contributed by atoms with E-state index in [0.29, 0.717) is 5.69 Å². The summed E-state index contributed by atoms with van der Waals surface area (Å²) < 4.78 is 59.7. The molecule has 2 rings (SSSR count). The number of hydrogen-bond donors (Lipinski definition) is 1. The molecule has 1 aliphatic rings. The fourth-order valence-corrected chi connectivity index (χ4v) is 3.43. The second kappa shape index (κ2) is 6.04. The van der Waals surface area contributed by atoms with Crippen LogP contribution in [0.3, 0.4) is 0 Å². The van der Waals surface area contributed by atoms with E-state index in [2.05, 4.69) is 5.32 Å². The molecule has 1 saturated carbocycles. The van der Waals surface area contributed by atoms with Crippen molar-refractivity contribution in [3.8, 4) is 0 Å². The number of rotatable bonds is 3. The van der Waals surface area contributed by atoms with E-state index in [1.54, 1.807) is 0 Å². The molecule has 1 N–H and O–H groups in total. The van der Waals surface area contributed by atoms with Crippen molar-refractivity contribution in [1.82, 2.24) is 0 Å². The quantitative estimate of drug-likeness (QED) is 0.847. The summed E-state index contributed by atoms with van der Waals surface area (Å²) in [7, 11) is -5.29. The summed E-state index contributed by atoms with van der Waals surface area (Å²) in [4.78, 5) is -0.758. The van der Waals surface area contributed by atoms with Crippen molar-refractivity contribution in [2.45, 2.75) is 47.5 Å². The largest absolute Gasteiger partial charge is 0.501 e. The average Bonchev–Trinajstić information content (AvgIpc) is 2.41. The van der Waals surface area contributed by atoms with Crippen molar-refractivity contribution in [1.29, 1.82) is 0 Å². The Hall–Kier alpha value is -0.950. The van der Waals surface area contributed by atoms with Gasteiger partial charge in [0.25, 0.3) is 9.84 Å². The Labute approximate surface area is 126 Å². The summed E-state index contributed by atoms with van der Waals surface area (Å²) in [6, 6.07) is 4.62. The zero-order chi connectivity index (χ0) is 15.7.